The highest BCUT2D eigenvalue weighted by atomic mass is 32.4. The third-order valence-corrected chi connectivity index (χ3v) is 36.8. The van der Waals surface area contributed by atoms with Crippen molar-refractivity contribution in [1.29, 1.82) is 0 Å². The smallest absolute Gasteiger partial charge is 0.256 e. The predicted octanol–water partition coefficient (Wildman–Crippen LogP) is 28.8. The van der Waals surface area contributed by atoms with Gasteiger partial charge in [-0.2, -0.15) is 0 Å². The highest BCUT2D eigenvalue weighted by Gasteiger charge is 2.52. The predicted molar refractivity (Wildman–Crippen MR) is 611 cm³/mol. The fraction of sp³-hybridized carbons (Fsp3) is 0. The van der Waals surface area contributed by atoms with E-state index in [-0.39, 0.29) is 13.4 Å². The van der Waals surface area contributed by atoms with Gasteiger partial charge in [0.05, 0.1) is 22.0 Å². The number of ether oxygens (including phenoxy) is 6. The Balaban J connectivity index is 0.0000000985. The fourth-order valence-corrected chi connectivity index (χ4v) is 30.0. The number of fused-ring (bicyclic) bond motifs is 16. The third-order valence-electron chi connectivity index (χ3n) is 28.9. The maximum absolute atomic E-state index is 16.5. The molecule has 22 aromatic rings. The van der Waals surface area contributed by atoms with Gasteiger partial charge >= 0.3 is 0 Å². The van der Waals surface area contributed by atoms with E-state index in [1.807, 2.05) is 133 Å². The van der Waals surface area contributed by atoms with E-state index >= 15 is 4.57 Å². The summed E-state index contributed by atoms with van der Waals surface area (Å²) in [6, 6.07) is 180. The van der Waals surface area contributed by atoms with E-state index in [1.165, 1.54) is 49.8 Å². The molecule has 147 heavy (non-hydrogen) atoms. The number of anilines is 9. The van der Waals surface area contributed by atoms with Crippen LogP contribution in [-0.2, 0) is 16.4 Å². The molecule has 10 nitrogen and oxygen atoms in total. The molecule has 0 aromatic heterocycles. The van der Waals surface area contributed by atoms with Gasteiger partial charge in [0.2, 0.25) is 0 Å². The van der Waals surface area contributed by atoms with Crippen LogP contribution in [0.5, 0.6) is 69.0 Å². The maximum Gasteiger partial charge on any atom is 0.256 e. The van der Waals surface area contributed by atoms with E-state index < -0.39 is 13.2 Å². The quantitative estimate of drug-likeness (QED) is 0.0917. The van der Waals surface area contributed by atoms with Crippen LogP contribution in [0.15, 0.2) is 528 Å². The largest absolute Gasteiger partial charge is 0.458 e. The Morgan fingerprint density at radius 1 is 0.211 bits per heavy atom. The lowest BCUT2D eigenvalue weighted by Gasteiger charge is -2.40. The average Bonchev–Trinajstić information content (AvgIpc) is 0.683. The first kappa shape index (κ1) is 88.0. The van der Waals surface area contributed by atoms with E-state index in [9.17, 15) is 0 Å². The first-order valence-corrected chi connectivity index (χ1v) is 54.0. The Morgan fingerprint density at radius 3 is 0.986 bits per heavy atom. The van der Waals surface area contributed by atoms with Gasteiger partial charge in [-0.25, -0.2) is 0 Å². The summed E-state index contributed by atoms with van der Waals surface area (Å²) in [5.74, 6) is 9.40. The highest BCUT2D eigenvalue weighted by Crippen LogP contribution is 2.65. The minimum atomic E-state index is -3.55. The molecule has 0 saturated carbocycles. The molecule has 0 amide bonds. The standard InChI is InChI=1S/C42H27O3P.C36H25BN2O.C30H19O2PS.C24H16BNO/c43-46-36-25-13-23-32(28-15-5-1-6-16-28)38(36)44-40-34(30-19-9-3-10-20-30)27-35(31-21-11-4-12-22-31)41(42(40)46)45-39-33(24-14-26-37(39)46)29-17-7-2-8-18-29;1-4-13-26(14-5-1)38(27-15-6-2-7-16-27)29-23-24-31-35(25-29)40-34-22-12-21-33-36(34)37(31)30-19-10-11-20-32(30)39(33)28-17-8-3-9-18-28;34-33-28-18-22(20-8-3-1-4-9-20)14-16-24(28)31-26-12-7-13-27(30(26)33)32-25-17-15-23(19-29(25)33)21-10-5-2-6-11-21;1-2-9-17(10-3-1)26-20-13-6-4-11-18(20)25-19-12-5-7-15-22(19)27-23-16-8-14-21(26)24(23)25/h1-27H;1-25H;1-19H;1-16H. The van der Waals surface area contributed by atoms with Gasteiger partial charge in [-0.3, -0.25) is 0 Å². The van der Waals surface area contributed by atoms with Gasteiger partial charge in [-0.15, -0.1) is 0 Å². The molecule has 0 spiro atoms. The monoisotopic (exact) mass is 1940 g/mol. The van der Waals surface area contributed by atoms with Crippen LogP contribution in [0.2, 0.25) is 0 Å². The fourth-order valence-electron chi connectivity index (χ4n) is 22.4. The summed E-state index contributed by atoms with van der Waals surface area (Å²) in [7, 11) is -3.55. The minimum Gasteiger partial charge on any atom is -0.458 e. The van der Waals surface area contributed by atoms with Gasteiger partial charge in [0, 0.05) is 90.1 Å². The van der Waals surface area contributed by atoms with Crippen LogP contribution in [0.25, 0.3) is 66.8 Å². The van der Waals surface area contributed by atoms with Gasteiger partial charge in [0.25, 0.3) is 13.4 Å². The Bertz CT molecular complexity index is 8710. The maximum atomic E-state index is 16.5. The van der Waals surface area contributed by atoms with E-state index in [4.69, 9.17) is 40.2 Å². The number of nitrogens with zero attached hydrogens (tertiary/aromatic N) is 3. The summed E-state index contributed by atoms with van der Waals surface area (Å²) in [5, 5.41) is 5.16. The number of rotatable bonds is 11. The SMILES string of the molecule is O=P12c3cccc(-c4ccccc4)c3Oc3c(-c4ccccc4)cc(-c4ccccc4)c(c31)Oc1c(-c3ccccc3)cccc12.S=P12c3cc(-c4ccccc4)ccc3Oc3cccc(c31)Oc1ccc(-c3ccccc3)cc12.c1ccc(N(c2ccccc2)c2ccc3c(c2)Oc2cccc4c2B3c2ccccc2N4c2ccccc2)cc1.c1ccc(N2c3ccccc3B3c4ccccc4Oc4cccc2c43)cc1. The van der Waals surface area contributed by atoms with Crippen molar-refractivity contribution in [2.24, 2.45) is 0 Å². The molecule has 8 aliphatic rings. The van der Waals surface area contributed by atoms with Crippen molar-refractivity contribution >= 4 is 154 Å². The second-order valence-electron chi connectivity index (χ2n) is 37.3. The number of hydrogen-bond donors (Lipinski definition) is 0. The Hall–Kier alpha value is -18.0. The molecule has 694 valence electrons. The Morgan fingerprint density at radius 2 is 0.544 bits per heavy atom. The molecule has 8 heterocycles. The lowest BCUT2D eigenvalue weighted by Crippen LogP contribution is -2.59. The van der Waals surface area contributed by atoms with Crippen molar-refractivity contribution in [3.8, 4) is 136 Å². The van der Waals surface area contributed by atoms with Gasteiger partial charge in [0.1, 0.15) is 62.8 Å². The van der Waals surface area contributed by atoms with E-state index in [2.05, 4.69) is 409 Å². The molecule has 0 radical (unpaired) electrons. The van der Waals surface area contributed by atoms with Crippen LogP contribution in [0.4, 0.5) is 51.2 Å². The van der Waals surface area contributed by atoms with Crippen LogP contribution >= 0.6 is 13.2 Å². The van der Waals surface area contributed by atoms with Crippen molar-refractivity contribution in [2.75, 3.05) is 14.7 Å². The molecular formula is C132H87B2N3O7P2S. The molecule has 0 atom stereocenters. The molecule has 0 N–H and O–H groups in total. The summed E-state index contributed by atoms with van der Waals surface area (Å²) < 4.78 is 56.4. The lowest BCUT2D eigenvalue weighted by atomic mass is 9.34. The van der Waals surface area contributed by atoms with Crippen LogP contribution < -0.4 is 108 Å². The van der Waals surface area contributed by atoms with Crippen molar-refractivity contribution in [3.05, 3.63) is 528 Å². The van der Waals surface area contributed by atoms with E-state index in [0.29, 0.717) is 38.9 Å². The van der Waals surface area contributed by atoms with E-state index in [0.717, 1.165) is 163 Å². The molecule has 8 aliphatic heterocycles. The zero-order valence-electron chi connectivity index (χ0n) is 79.4. The molecule has 30 rings (SSSR count). The summed E-state index contributed by atoms with van der Waals surface area (Å²) >= 11 is 6.73. The average molecular weight is 1940 g/mol. The number of benzene rings is 22. The van der Waals surface area contributed by atoms with Crippen molar-refractivity contribution in [3.63, 3.8) is 0 Å². The molecule has 0 unspecified atom stereocenters. The van der Waals surface area contributed by atoms with Gasteiger partial charge in [-0.1, -0.05) is 382 Å². The van der Waals surface area contributed by atoms with E-state index in [1.54, 1.807) is 0 Å². The zero-order chi connectivity index (χ0) is 97.6. The highest BCUT2D eigenvalue weighted by molar-refractivity contribution is 8.26. The third kappa shape index (κ3) is 15.0. The minimum absolute atomic E-state index is 0.0852. The van der Waals surface area contributed by atoms with Gasteiger partial charge in [0.15, 0.2) is 18.6 Å². The Kier molecular flexibility index (Phi) is 22.0. The molecule has 22 aromatic carbocycles. The summed E-state index contributed by atoms with van der Waals surface area (Å²) in [4.78, 5) is 6.99. The summed E-state index contributed by atoms with van der Waals surface area (Å²) in [6.45, 7) is 0.277. The zero-order valence-corrected chi connectivity index (χ0v) is 82.0. The molecule has 15 heteroatoms. The summed E-state index contributed by atoms with van der Waals surface area (Å²) in [6.07, 6.45) is 0. The van der Waals surface area contributed by atoms with Crippen molar-refractivity contribution in [1.82, 2.24) is 0 Å². The Labute approximate surface area is 859 Å². The van der Waals surface area contributed by atoms with Crippen molar-refractivity contribution < 1.29 is 33.0 Å². The van der Waals surface area contributed by atoms with Crippen LogP contribution in [-0.4, -0.2) is 13.4 Å². The molecule has 0 fully saturated rings. The number of para-hydroxylation sites is 9. The first-order chi connectivity index (χ1) is 72.7. The van der Waals surface area contributed by atoms with Crippen LogP contribution in [0.1, 0.15) is 0 Å². The molecule has 0 saturated heterocycles. The second-order valence-corrected chi connectivity index (χ2v) is 44.2. The van der Waals surface area contributed by atoms with Crippen molar-refractivity contribution in [2.45, 2.75) is 0 Å². The number of hydrogen-bond acceptors (Lipinski definition) is 11. The lowest BCUT2D eigenvalue weighted by molar-refractivity contribution is 0.465. The molecule has 0 aliphatic carbocycles. The summed E-state index contributed by atoms with van der Waals surface area (Å²) in [5.41, 5.74) is 30.0. The normalized spacial score (nSPS) is 13.3. The molecule has 0 bridgehead atoms. The van der Waals surface area contributed by atoms with Gasteiger partial charge < -0.3 is 47.7 Å². The molecular weight excluding hydrogens is 1860 g/mol. The first-order valence-electron chi connectivity index (χ1n) is 49.5. The van der Waals surface area contributed by atoms with Gasteiger partial charge in [-0.05, 0) is 229 Å². The van der Waals surface area contributed by atoms with Crippen LogP contribution in [0, 0.1) is 0 Å². The second kappa shape index (κ2) is 36.8. The van der Waals surface area contributed by atoms with Crippen LogP contribution in [0.3, 0.4) is 0 Å². The topological polar surface area (TPSA) is 82.2 Å².